The molecule has 0 aromatic carbocycles. The van der Waals surface area contributed by atoms with Gasteiger partial charge in [0.2, 0.25) is 0 Å². The standard InChI is InChI=1S/C11H14N2O5/c14-4-2-8-12-9(11(17)18)7-5-6(10(15)16)1-3-13(7)8/h6,14H,1-5H2,(H,15,16)(H,17,18). The van der Waals surface area contributed by atoms with Crippen LogP contribution in [0.5, 0.6) is 0 Å². The zero-order valence-electron chi connectivity index (χ0n) is 9.67. The van der Waals surface area contributed by atoms with Gasteiger partial charge >= 0.3 is 11.9 Å². The van der Waals surface area contributed by atoms with E-state index < -0.39 is 17.9 Å². The van der Waals surface area contributed by atoms with E-state index in [0.717, 1.165) is 0 Å². The molecule has 1 aliphatic rings. The molecule has 0 saturated carbocycles. The molecule has 0 aliphatic carbocycles. The number of hydrogen-bond donors (Lipinski definition) is 3. The molecule has 1 aliphatic heterocycles. The van der Waals surface area contributed by atoms with Crippen molar-refractivity contribution in [2.45, 2.75) is 25.8 Å². The van der Waals surface area contributed by atoms with Crippen LogP contribution in [0.1, 0.15) is 28.4 Å². The van der Waals surface area contributed by atoms with Crippen molar-refractivity contribution in [2.24, 2.45) is 5.92 Å². The smallest absolute Gasteiger partial charge is 0.356 e. The lowest BCUT2D eigenvalue weighted by atomic mass is 9.95. The van der Waals surface area contributed by atoms with E-state index in [2.05, 4.69) is 4.98 Å². The Hall–Kier alpha value is -1.89. The van der Waals surface area contributed by atoms with Gasteiger partial charge in [-0.2, -0.15) is 0 Å². The lowest BCUT2D eigenvalue weighted by Gasteiger charge is -2.22. The van der Waals surface area contributed by atoms with Crippen LogP contribution in [0, 0.1) is 5.92 Å². The van der Waals surface area contributed by atoms with Crippen molar-refractivity contribution in [3.8, 4) is 0 Å². The van der Waals surface area contributed by atoms with E-state index in [1.54, 1.807) is 4.57 Å². The highest BCUT2D eigenvalue weighted by Crippen LogP contribution is 2.25. The monoisotopic (exact) mass is 254 g/mol. The zero-order chi connectivity index (χ0) is 13.3. The SMILES string of the molecule is O=C(O)c1nc(CCO)n2c1CC(C(=O)O)CC2. The predicted molar refractivity (Wildman–Crippen MR) is 59.4 cm³/mol. The summed E-state index contributed by atoms with van der Waals surface area (Å²) in [5.41, 5.74) is 0.356. The molecule has 1 aromatic heterocycles. The van der Waals surface area contributed by atoms with Crippen LogP contribution in [0.15, 0.2) is 0 Å². The van der Waals surface area contributed by atoms with Crippen LogP contribution < -0.4 is 0 Å². The number of aliphatic carboxylic acids is 1. The normalized spacial score (nSPS) is 18.4. The van der Waals surface area contributed by atoms with Gasteiger partial charge in [-0.3, -0.25) is 4.79 Å². The van der Waals surface area contributed by atoms with Gasteiger partial charge in [0, 0.05) is 19.4 Å². The molecule has 1 aromatic rings. The maximum Gasteiger partial charge on any atom is 0.356 e. The molecule has 7 heteroatoms. The molecule has 0 radical (unpaired) electrons. The number of hydrogen-bond acceptors (Lipinski definition) is 4. The first-order valence-electron chi connectivity index (χ1n) is 5.69. The van der Waals surface area contributed by atoms with Gasteiger partial charge in [-0.25, -0.2) is 9.78 Å². The molecule has 98 valence electrons. The summed E-state index contributed by atoms with van der Waals surface area (Å²) in [4.78, 5) is 26.0. The number of aliphatic hydroxyl groups is 1. The van der Waals surface area contributed by atoms with E-state index in [1.165, 1.54) is 0 Å². The number of carboxylic acids is 2. The summed E-state index contributed by atoms with van der Waals surface area (Å²) in [5, 5.41) is 27.0. The van der Waals surface area contributed by atoms with E-state index in [9.17, 15) is 9.59 Å². The summed E-state index contributed by atoms with van der Waals surface area (Å²) < 4.78 is 1.72. The fourth-order valence-corrected chi connectivity index (χ4v) is 2.30. The Labute approximate surface area is 103 Å². The minimum Gasteiger partial charge on any atom is -0.481 e. The minimum absolute atomic E-state index is 0.0931. The van der Waals surface area contributed by atoms with Crippen molar-refractivity contribution in [3.63, 3.8) is 0 Å². The van der Waals surface area contributed by atoms with E-state index in [-0.39, 0.29) is 25.1 Å². The van der Waals surface area contributed by atoms with Crippen molar-refractivity contribution >= 4 is 11.9 Å². The molecule has 0 bridgehead atoms. The molecule has 0 saturated heterocycles. The van der Waals surface area contributed by atoms with Crippen molar-refractivity contribution in [1.82, 2.24) is 9.55 Å². The summed E-state index contributed by atoms with van der Waals surface area (Å²) >= 11 is 0. The largest absolute Gasteiger partial charge is 0.481 e. The van der Waals surface area contributed by atoms with Crippen LogP contribution in [0.3, 0.4) is 0 Å². The fraction of sp³-hybridized carbons (Fsp3) is 0.545. The molecule has 3 N–H and O–H groups in total. The van der Waals surface area contributed by atoms with Gasteiger partial charge in [0.05, 0.1) is 18.2 Å². The Morgan fingerprint density at radius 3 is 2.67 bits per heavy atom. The molecule has 0 fully saturated rings. The van der Waals surface area contributed by atoms with Gasteiger partial charge in [0.15, 0.2) is 5.69 Å². The highest BCUT2D eigenvalue weighted by atomic mass is 16.4. The van der Waals surface area contributed by atoms with Gasteiger partial charge in [-0.15, -0.1) is 0 Å². The van der Waals surface area contributed by atoms with E-state index >= 15 is 0 Å². The van der Waals surface area contributed by atoms with Crippen LogP contribution in [0.4, 0.5) is 0 Å². The number of fused-ring (bicyclic) bond motifs is 1. The van der Waals surface area contributed by atoms with Crippen molar-refractivity contribution in [2.75, 3.05) is 6.61 Å². The second kappa shape index (κ2) is 4.77. The molecule has 0 spiro atoms. The molecular weight excluding hydrogens is 240 g/mol. The van der Waals surface area contributed by atoms with Crippen molar-refractivity contribution < 1.29 is 24.9 Å². The second-order valence-corrected chi connectivity index (χ2v) is 4.28. The first-order chi connectivity index (χ1) is 8.54. The van der Waals surface area contributed by atoms with Crippen LogP contribution in [0.25, 0.3) is 0 Å². The predicted octanol–water partition coefficient (Wildman–Crippen LogP) is -0.237. The molecule has 1 atom stereocenters. The van der Waals surface area contributed by atoms with Gasteiger partial charge < -0.3 is 19.9 Å². The average Bonchev–Trinajstić information content (AvgIpc) is 2.68. The number of carboxylic acid groups (broad SMARTS) is 2. The van der Waals surface area contributed by atoms with Gasteiger partial charge in [-0.1, -0.05) is 0 Å². The third-order valence-electron chi connectivity index (χ3n) is 3.18. The lowest BCUT2D eigenvalue weighted by molar-refractivity contribution is -0.142. The van der Waals surface area contributed by atoms with Gasteiger partial charge in [-0.05, 0) is 6.42 Å². The molecule has 7 nitrogen and oxygen atoms in total. The summed E-state index contributed by atoms with van der Waals surface area (Å²) in [6.45, 7) is 0.319. The van der Waals surface area contributed by atoms with Crippen LogP contribution in [-0.4, -0.2) is 43.4 Å². The van der Waals surface area contributed by atoms with Crippen molar-refractivity contribution in [3.05, 3.63) is 17.2 Å². The zero-order valence-corrected chi connectivity index (χ0v) is 9.67. The number of carbonyl (C=O) groups is 2. The second-order valence-electron chi connectivity index (χ2n) is 4.28. The third kappa shape index (κ3) is 2.08. The highest BCUT2D eigenvalue weighted by molar-refractivity contribution is 5.87. The highest BCUT2D eigenvalue weighted by Gasteiger charge is 2.31. The number of rotatable bonds is 4. The van der Waals surface area contributed by atoms with E-state index in [1.807, 2.05) is 0 Å². The number of imidazole rings is 1. The van der Waals surface area contributed by atoms with E-state index in [4.69, 9.17) is 15.3 Å². The lowest BCUT2D eigenvalue weighted by Crippen LogP contribution is -2.27. The molecular formula is C11H14N2O5. The molecule has 0 amide bonds. The quantitative estimate of drug-likeness (QED) is 0.683. The van der Waals surface area contributed by atoms with Gasteiger partial charge in [0.1, 0.15) is 5.82 Å². The van der Waals surface area contributed by atoms with Gasteiger partial charge in [0.25, 0.3) is 0 Å². The molecule has 2 rings (SSSR count). The Kier molecular flexibility index (Phi) is 3.33. The summed E-state index contributed by atoms with van der Waals surface area (Å²) in [7, 11) is 0. The maximum absolute atomic E-state index is 11.1. The Bertz CT molecular complexity index is 494. The third-order valence-corrected chi connectivity index (χ3v) is 3.18. The summed E-state index contributed by atoms with van der Waals surface area (Å²) in [6.07, 6.45) is 0.906. The summed E-state index contributed by atoms with van der Waals surface area (Å²) in [5.74, 6) is -2.13. The topological polar surface area (TPSA) is 113 Å². The Morgan fingerprint density at radius 2 is 2.11 bits per heavy atom. The first kappa shape index (κ1) is 12.6. The number of nitrogens with zero attached hydrogens (tertiary/aromatic N) is 2. The number of aliphatic hydroxyl groups excluding tert-OH is 1. The van der Waals surface area contributed by atoms with Crippen molar-refractivity contribution in [1.29, 1.82) is 0 Å². The Balaban J connectivity index is 2.41. The number of aromatic carboxylic acids is 1. The maximum atomic E-state index is 11.1. The average molecular weight is 254 g/mol. The summed E-state index contributed by atoms with van der Waals surface area (Å²) in [6, 6.07) is 0. The molecule has 18 heavy (non-hydrogen) atoms. The van der Waals surface area contributed by atoms with Crippen LogP contribution >= 0.6 is 0 Å². The minimum atomic E-state index is -1.16. The first-order valence-corrected chi connectivity index (χ1v) is 5.69. The van der Waals surface area contributed by atoms with Crippen LogP contribution in [-0.2, 0) is 24.2 Å². The Morgan fingerprint density at radius 1 is 1.39 bits per heavy atom. The van der Waals surface area contributed by atoms with E-state index in [0.29, 0.717) is 24.5 Å². The number of aromatic nitrogens is 2. The van der Waals surface area contributed by atoms with Crippen LogP contribution in [0.2, 0.25) is 0 Å². The molecule has 2 heterocycles. The molecule has 1 unspecified atom stereocenters. The fourth-order valence-electron chi connectivity index (χ4n) is 2.30.